The van der Waals surface area contributed by atoms with Gasteiger partial charge in [-0.25, -0.2) is 0 Å². The Hall–Kier alpha value is -1.61. The number of piperidine rings is 1. The van der Waals surface area contributed by atoms with Crippen LogP contribution in [0.25, 0.3) is 0 Å². The Kier molecular flexibility index (Phi) is 8.77. The van der Waals surface area contributed by atoms with E-state index in [9.17, 15) is 4.79 Å². The maximum absolute atomic E-state index is 12.7. The lowest BCUT2D eigenvalue weighted by Crippen LogP contribution is -2.48. The molecule has 1 aromatic carbocycles. The van der Waals surface area contributed by atoms with Gasteiger partial charge in [-0.1, -0.05) is 37.3 Å². The van der Waals surface area contributed by atoms with Crippen molar-refractivity contribution in [1.82, 2.24) is 15.1 Å². The van der Waals surface area contributed by atoms with Gasteiger partial charge in [0.15, 0.2) is 5.96 Å². The standard InChI is InChI=1S/C24H32N4OS.HI/c1-18-16-28(13-9-21(18)19-6-4-3-5-7-19)24(25-2)26-12-8-23(29)27-14-10-22-20(17-27)11-15-30-22;/h3-7,11,15,18,21H,8-10,12-14,16-17H2,1-2H3,(H,25,26);1H. The molecule has 1 aromatic heterocycles. The minimum absolute atomic E-state index is 0. The molecule has 5 nitrogen and oxygen atoms in total. The van der Waals surface area contributed by atoms with Gasteiger partial charge >= 0.3 is 0 Å². The number of nitrogens with zero attached hydrogens (tertiary/aromatic N) is 3. The van der Waals surface area contributed by atoms with Gasteiger partial charge in [0.25, 0.3) is 0 Å². The third-order valence-electron chi connectivity index (χ3n) is 6.43. The molecule has 2 aliphatic heterocycles. The fourth-order valence-electron chi connectivity index (χ4n) is 4.77. The van der Waals surface area contributed by atoms with Crippen molar-refractivity contribution in [3.8, 4) is 0 Å². The van der Waals surface area contributed by atoms with Crippen LogP contribution in [0.15, 0.2) is 46.8 Å². The van der Waals surface area contributed by atoms with Crippen molar-refractivity contribution in [3.05, 3.63) is 57.8 Å². The highest BCUT2D eigenvalue weighted by atomic mass is 127. The first-order valence-electron chi connectivity index (χ1n) is 11.0. The van der Waals surface area contributed by atoms with Gasteiger partial charge in [-0.2, -0.15) is 0 Å². The zero-order valence-corrected chi connectivity index (χ0v) is 21.6. The van der Waals surface area contributed by atoms with Gasteiger partial charge in [-0.05, 0) is 47.3 Å². The van der Waals surface area contributed by atoms with Crippen LogP contribution in [-0.4, -0.2) is 54.9 Å². The van der Waals surface area contributed by atoms with E-state index >= 15 is 0 Å². The highest BCUT2D eigenvalue weighted by Gasteiger charge is 2.29. The first kappa shape index (κ1) is 24.0. The number of carbonyl (C=O) groups excluding carboxylic acids is 1. The molecule has 0 radical (unpaired) electrons. The second-order valence-corrected chi connectivity index (χ2v) is 9.39. The Balaban J connectivity index is 0.00000272. The van der Waals surface area contributed by atoms with Crippen LogP contribution in [0.2, 0.25) is 0 Å². The second kappa shape index (κ2) is 11.3. The van der Waals surface area contributed by atoms with Gasteiger partial charge in [0.1, 0.15) is 0 Å². The molecule has 0 saturated carbocycles. The maximum Gasteiger partial charge on any atom is 0.224 e. The molecule has 3 heterocycles. The summed E-state index contributed by atoms with van der Waals surface area (Å²) in [5.41, 5.74) is 2.76. The Morgan fingerprint density at radius 1 is 1.19 bits per heavy atom. The van der Waals surface area contributed by atoms with Gasteiger partial charge in [-0.15, -0.1) is 35.3 Å². The summed E-state index contributed by atoms with van der Waals surface area (Å²) < 4.78 is 0. The number of benzene rings is 1. The van der Waals surface area contributed by atoms with Crippen molar-refractivity contribution < 1.29 is 4.79 Å². The Morgan fingerprint density at radius 3 is 2.74 bits per heavy atom. The lowest BCUT2D eigenvalue weighted by Gasteiger charge is -2.39. The molecule has 0 spiro atoms. The smallest absolute Gasteiger partial charge is 0.224 e. The van der Waals surface area contributed by atoms with Crippen LogP contribution in [0.5, 0.6) is 0 Å². The van der Waals surface area contributed by atoms with E-state index in [0.717, 1.165) is 45.0 Å². The van der Waals surface area contributed by atoms with Crippen LogP contribution in [-0.2, 0) is 17.8 Å². The lowest BCUT2D eigenvalue weighted by molar-refractivity contribution is -0.131. The van der Waals surface area contributed by atoms with E-state index in [-0.39, 0.29) is 29.9 Å². The molecule has 7 heteroatoms. The summed E-state index contributed by atoms with van der Waals surface area (Å²) in [4.78, 5) is 22.9. The number of rotatable bonds is 4. The van der Waals surface area contributed by atoms with Crippen LogP contribution in [0, 0.1) is 5.92 Å². The third kappa shape index (κ3) is 5.80. The summed E-state index contributed by atoms with van der Waals surface area (Å²) in [6, 6.07) is 13.0. The molecule has 2 atom stereocenters. The van der Waals surface area contributed by atoms with E-state index in [1.165, 1.54) is 16.0 Å². The largest absolute Gasteiger partial charge is 0.356 e. The fourth-order valence-corrected chi connectivity index (χ4v) is 5.66. The number of guanidine groups is 1. The molecule has 1 fully saturated rings. The average molecular weight is 553 g/mol. The quantitative estimate of drug-likeness (QED) is 0.349. The number of hydrogen-bond acceptors (Lipinski definition) is 3. The number of carbonyl (C=O) groups is 1. The Labute approximate surface area is 206 Å². The van der Waals surface area contributed by atoms with E-state index in [0.29, 0.717) is 24.8 Å². The molecule has 168 valence electrons. The van der Waals surface area contributed by atoms with Crippen LogP contribution < -0.4 is 5.32 Å². The number of halogens is 1. The zero-order valence-electron chi connectivity index (χ0n) is 18.4. The molecule has 31 heavy (non-hydrogen) atoms. The molecule has 1 saturated heterocycles. The summed E-state index contributed by atoms with van der Waals surface area (Å²) >= 11 is 1.81. The third-order valence-corrected chi connectivity index (χ3v) is 7.45. The van der Waals surface area contributed by atoms with Crippen LogP contribution >= 0.6 is 35.3 Å². The zero-order chi connectivity index (χ0) is 20.9. The van der Waals surface area contributed by atoms with Crippen molar-refractivity contribution in [2.75, 3.05) is 33.2 Å². The number of likely N-dealkylation sites (tertiary alicyclic amines) is 1. The Morgan fingerprint density at radius 2 is 2.00 bits per heavy atom. The number of fused-ring (bicyclic) bond motifs is 1. The molecule has 0 bridgehead atoms. The van der Waals surface area contributed by atoms with E-state index in [1.54, 1.807) is 11.3 Å². The number of amides is 1. The molecule has 2 aromatic rings. The summed E-state index contributed by atoms with van der Waals surface area (Å²) in [5.74, 6) is 2.31. The summed E-state index contributed by atoms with van der Waals surface area (Å²) in [7, 11) is 1.83. The van der Waals surface area contributed by atoms with Crippen LogP contribution in [0.4, 0.5) is 0 Å². The monoisotopic (exact) mass is 552 g/mol. The van der Waals surface area contributed by atoms with Crippen LogP contribution in [0.1, 0.15) is 41.7 Å². The first-order chi connectivity index (χ1) is 14.7. The SMILES string of the molecule is CN=C(NCCC(=O)N1CCc2sccc2C1)N1CCC(c2ccccc2)C(C)C1.I. The molecule has 2 unspecified atom stereocenters. The van der Waals surface area contributed by atoms with Crippen molar-refractivity contribution >= 4 is 47.2 Å². The highest BCUT2D eigenvalue weighted by Crippen LogP contribution is 2.32. The predicted molar refractivity (Wildman–Crippen MR) is 139 cm³/mol. The van der Waals surface area contributed by atoms with Gasteiger partial charge in [0.05, 0.1) is 0 Å². The first-order valence-corrected chi connectivity index (χ1v) is 11.9. The molecule has 2 aliphatic rings. The summed E-state index contributed by atoms with van der Waals surface area (Å²) in [6.45, 7) is 6.54. The lowest BCUT2D eigenvalue weighted by atomic mass is 9.82. The topological polar surface area (TPSA) is 47.9 Å². The normalized spacial score (nSPS) is 21.3. The van der Waals surface area contributed by atoms with Gasteiger partial charge in [0, 0.05) is 51.1 Å². The van der Waals surface area contributed by atoms with E-state index in [2.05, 4.69) is 63.9 Å². The molecule has 1 N–H and O–H groups in total. The van der Waals surface area contributed by atoms with Gasteiger partial charge in [0.2, 0.25) is 5.91 Å². The van der Waals surface area contributed by atoms with Crippen molar-refractivity contribution in [1.29, 1.82) is 0 Å². The van der Waals surface area contributed by atoms with Crippen molar-refractivity contribution in [3.63, 3.8) is 0 Å². The number of hydrogen-bond donors (Lipinski definition) is 1. The predicted octanol–water partition coefficient (Wildman–Crippen LogP) is 4.34. The Bertz CT molecular complexity index is 885. The minimum atomic E-state index is 0. The van der Waals surface area contributed by atoms with E-state index in [1.807, 2.05) is 11.9 Å². The summed E-state index contributed by atoms with van der Waals surface area (Å²) in [6.07, 6.45) is 2.62. The van der Waals surface area contributed by atoms with Gasteiger partial charge in [-0.3, -0.25) is 9.79 Å². The number of nitrogens with one attached hydrogen (secondary N) is 1. The van der Waals surface area contributed by atoms with Gasteiger partial charge < -0.3 is 15.1 Å². The summed E-state index contributed by atoms with van der Waals surface area (Å²) in [5, 5.41) is 5.56. The number of thiophene rings is 1. The average Bonchev–Trinajstić information content (AvgIpc) is 3.25. The van der Waals surface area contributed by atoms with Crippen LogP contribution in [0.3, 0.4) is 0 Å². The molecule has 4 rings (SSSR count). The molecular weight excluding hydrogens is 519 g/mol. The molecular formula is C24H33IN4OS. The van der Waals surface area contributed by atoms with Crippen molar-refractivity contribution in [2.24, 2.45) is 10.9 Å². The maximum atomic E-state index is 12.7. The second-order valence-electron chi connectivity index (χ2n) is 8.39. The molecule has 1 amide bonds. The van der Waals surface area contributed by atoms with E-state index < -0.39 is 0 Å². The van der Waals surface area contributed by atoms with E-state index in [4.69, 9.17) is 0 Å². The highest BCUT2D eigenvalue weighted by molar-refractivity contribution is 14.0. The minimum Gasteiger partial charge on any atom is -0.356 e. The molecule has 0 aliphatic carbocycles. The van der Waals surface area contributed by atoms with Crippen molar-refractivity contribution in [2.45, 2.75) is 38.6 Å². The fraction of sp³-hybridized carbons (Fsp3) is 0.500. The number of aliphatic imine (C=N–C) groups is 1.